The molecule has 0 N–H and O–H groups in total. The monoisotopic (exact) mass is 536 g/mol. The molecule has 2 aliphatic rings. The molecule has 0 amide bonds. The summed E-state index contributed by atoms with van der Waals surface area (Å²) in [5, 5.41) is 13.3. The number of hydrogen-bond donors (Lipinski definition) is 0. The molecule has 38 heavy (non-hydrogen) atoms. The van der Waals surface area contributed by atoms with Crippen molar-refractivity contribution in [2.75, 3.05) is 12.0 Å². The van der Waals surface area contributed by atoms with E-state index < -0.39 is 26.9 Å². The lowest BCUT2D eigenvalue weighted by molar-refractivity contribution is 0.243. The van der Waals surface area contributed by atoms with Gasteiger partial charge in [0, 0.05) is 6.26 Å². The molecule has 0 aliphatic heterocycles. The van der Waals surface area contributed by atoms with Crippen molar-refractivity contribution in [3.05, 3.63) is 77.4 Å². The number of rotatable bonds is 6. The van der Waals surface area contributed by atoms with Crippen LogP contribution in [0.25, 0.3) is 22.8 Å². The highest BCUT2D eigenvalue weighted by Gasteiger charge is 2.65. The van der Waals surface area contributed by atoms with E-state index in [1.54, 1.807) is 6.07 Å². The van der Waals surface area contributed by atoms with Crippen LogP contribution in [0.4, 0.5) is 8.78 Å². The fourth-order valence-corrected chi connectivity index (χ4v) is 6.85. The first-order valence-corrected chi connectivity index (χ1v) is 14.4. The molecular formula is C27H26F2N6O2S. The Morgan fingerprint density at radius 3 is 2.53 bits per heavy atom. The summed E-state index contributed by atoms with van der Waals surface area (Å²) in [6.07, 6.45) is 4.38. The van der Waals surface area contributed by atoms with E-state index in [2.05, 4.69) is 34.1 Å². The van der Waals surface area contributed by atoms with Crippen molar-refractivity contribution in [2.45, 2.75) is 44.6 Å². The van der Waals surface area contributed by atoms with Crippen molar-refractivity contribution in [1.29, 1.82) is 0 Å². The van der Waals surface area contributed by atoms with Crippen LogP contribution in [-0.4, -0.2) is 50.4 Å². The number of fused-ring (bicyclic) bond motifs is 5. The third-order valence-corrected chi connectivity index (χ3v) is 9.17. The lowest BCUT2D eigenvalue weighted by atomic mass is 9.66. The number of aromatic nitrogens is 6. The van der Waals surface area contributed by atoms with E-state index in [4.69, 9.17) is 4.98 Å². The molecule has 0 saturated heterocycles. The Kier molecular flexibility index (Phi) is 5.50. The van der Waals surface area contributed by atoms with Crippen LogP contribution < -0.4 is 0 Å². The van der Waals surface area contributed by atoms with Gasteiger partial charge in [-0.05, 0) is 60.1 Å². The van der Waals surface area contributed by atoms with Crippen molar-refractivity contribution in [2.24, 2.45) is 5.41 Å². The van der Waals surface area contributed by atoms with Crippen LogP contribution in [0.2, 0.25) is 0 Å². The smallest absolute Gasteiger partial charge is 0.199 e. The predicted octanol–water partition coefficient (Wildman–Crippen LogP) is 4.32. The summed E-state index contributed by atoms with van der Waals surface area (Å²) in [6, 6.07) is 11.2. The molecule has 11 heteroatoms. The molecular weight excluding hydrogens is 510 g/mol. The van der Waals surface area contributed by atoms with Crippen LogP contribution in [0.5, 0.6) is 0 Å². The topological polar surface area (TPSA) is 104 Å². The summed E-state index contributed by atoms with van der Waals surface area (Å²) in [5.41, 5.74) is 2.32. The summed E-state index contributed by atoms with van der Waals surface area (Å²) >= 11 is 0. The van der Waals surface area contributed by atoms with Crippen LogP contribution in [0.15, 0.2) is 48.8 Å². The second-order valence-corrected chi connectivity index (χ2v) is 13.0. The van der Waals surface area contributed by atoms with Gasteiger partial charge in [0.1, 0.15) is 33.5 Å². The minimum atomic E-state index is -3.13. The van der Waals surface area contributed by atoms with E-state index in [1.165, 1.54) is 35.5 Å². The SMILES string of the molecule is CC1(C)[C@H]2CC[C@@]1(c1cccc(-c3ncn(CCS(C)(=O)=O)n3)n1)c1nnc(-c3c(F)cccc3F)cc12. The van der Waals surface area contributed by atoms with Crippen molar-refractivity contribution >= 4 is 9.84 Å². The number of benzene rings is 1. The van der Waals surface area contributed by atoms with Crippen molar-refractivity contribution in [1.82, 2.24) is 29.9 Å². The van der Waals surface area contributed by atoms with E-state index in [0.717, 1.165) is 29.8 Å². The molecule has 1 saturated carbocycles. The van der Waals surface area contributed by atoms with Gasteiger partial charge >= 0.3 is 0 Å². The molecule has 3 aromatic heterocycles. The summed E-state index contributed by atoms with van der Waals surface area (Å²) in [6.45, 7) is 4.57. The van der Waals surface area contributed by atoms with Crippen LogP contribution >= 0.6 is 0 Å². The Balaban J connectivity index is 1.41. The zero-order chi connectivity index (χ0) is 26.9. The average Bonchev–Trinajstić information content (AvgIpc) is 3.50. The van der Waals surface area contributed by atoms with E-state index >= 15 is 0 Å². The normalized spacial score (nSPS) is 21.6. The van der Waals surface area contributed by atoms with Crippen molar-refractivity contribution < 1.29 is 17.2 Å². The molecule has 3 heterocycles. The third kappa shape index (κ3) is 3.66. The fraction of sp³-hybridized carbons (Fsp3) is 0.370. The van der Waals surface area contributed by atoms with E-state index in [0.29, 0.717) is 11.5 Å². The van der Waals surface area contributed by atoms with Gasteiger partial charge in [-0.15, -0.1) is 10.2 Å². The summed E-state index contributed by atoms with van der Waals surface area (Å²) in [5.74, 6) is -0.849. The first-order chi connectivity index (χ1) is 18.0. The number of halogens is 2. The summed E-state index contributed by atoms with van der Waals surface area (Å²) < 4.78 is 53.6. The highest BCUT2D eigenvalue weighted by molar-refractivity contribution is 7.90. The van der Waals surface area contributed by atoms with E-state index in [1.807, 2.05) is 18.2 Å². The molecule has 0 radical (unpaired) electrons. The maximum atomic E-state index is 14.5. The minimum Gasteiger partial charge on any atom is -0.251 e. The van der Waals surface area contributed by atoms with Crippen molar-refractivity contribution in [3.63, 3.8) is 0 Å². The lowest BCUT2D eigenvalue weighted by Gasteiger charge is -2.37. The Bertz CT molecular complexity index is 1670. The largest absolute Gasteiger partial charge is 0.251 e. The maximum Gasteiger partial charge on any atom is 0.199 e. The van der Waals surface area contributed by atoms with Gasteiger partial charge < -0.3 is 0 Å². The Labute approximate surface area is 219 Å². The number of aryl methyl sites for hydroxylation is 1. The zero-order valence-electron chi connectivity index (χ0n) is 21.2. The minimum absolute atomic E-state index is 0.0316. The zero-order valence-corrected chi connectivity index (χ0v) is 22.0. The molecule has 1 aromatic carbocycles. The fourth-order valence-electron chi connectivity index (χ4n) is 6.33. The summed E-state index contributed by atoms with van der Waals surface area (Å²) in [4.78, 5) is 9.33. The molecule has 0 unspecified atom stereocenters. The van der Waals surface area contributed by atoms with Gasteiger partial charge in [-0.2, -0.15) is 5.10 Å². The van der Waals surface area contributed by atoms with Crippen molar-refractivity contribution in [3.8, 4) is 22.8 Å². The van der Waals surface area contributed by atoms with Gasteiger partial charge in [0.05, 0.1) is 40.4 Å². The molecule has 4 aromatic rings. The maximum absolute atomic E-state index is 14.5. The average molecular weight is 537 g/mol. The number of nitrogens with zero attached hydrogens (tertiary/aromatic N) is 6. The predicted molar refractivity (Wildman–Crippen MR) is 137 cm³/mol. The van der Waals surface area contributed by atoms with E-state index in [9.17, 15) is 17.2 Å². The molecule has 2 aliphatic carbocycles. The van der Waals surface area contributed by atoms with Gasteiger partial charge in [0.25, 0.3) is 0 Å². The van der Waals surface area contributed by atoms with Gasteiger partial charge in [0.2, 0.25) is 0 Å². The molecule has 0 spiro atoms. The quantitative estimate of drug-likeness (QED) is 0.361. The number of sulfone groups is 1. The second kappa shape index (κ2) is 8.45. The number of pyridine rings is 1. The van der Waals surface area contributed by atoms with Crippen LogP contribution in [0, 0.1) is 17.0 Å². The van der Waals surface area contributed by atoms with Gasteiger partial charge in [-0.25, -0.2) is 27.2 Å². The van der Waals surface area contributed by atoms with Gasteiger partial charge in [-0.3, -0.25) is 4.68 Å². The Morgan fingerprint density at radius 2 is 1.79 bits per heavy atom. The highest BCUT2D eigenvalue weighted by atomic mass is 32.2. The van der Waals surface area contributed by atoms with Crippen LogP contribution in [0.1, 0.15) is 49.6 Å². The molecule has 2 bridgehead atoms. The van der Waals surface area contributed by atoms with Crippen LogP contribution in [0.3, 0.4) is 0 Å². The molecule has 6 rings (SSSR count). The first kappa shape index (κ1) is 24.7. The molecule has 1 fully saturated rings. The van der Waals surface area contributed by atoms with Gasteiger partial charge in [-0.1, -0.05) is 26.0 Å². The standard InChI is InChI=1S/C27H26F2N6O2S/c1-26(2)17-10-11-27(26,24-16(17)14-21(32-33-24)23-18(28)6-4-7-19(23)29)22-9-5-8-20(31-22)25-30-15-35(34-25)12-13-38(3,36)37/h4-9,14-15,17H,10-13H2,1-3H3/t17-,27+/m0/s1. The molecule has 196 valence electrons. The second-order valence-electron chi connectivity index (χ2n) is 10.7. The van der Waals surface area contributed by atoms with Gasteiger partial charge in [0.15, 0.2) is 5.82 Å². The first-order valence-electron chi connectivity index (χ1n) is 12.4. The number of hydrogen-bond acceptors (Lipinski definition) is 7. The highest BCUT2D eigenvalue weighted by Crippen LogP contribution is 2.69. The van der Waals surface area contributed by atoms with E-state index in [-0.39, 0.29) is 34.9 Å². The summed E-state index contributed by atoms with van der Waals surface area (Å²) in [7, 11) is -3.13. The van der Waals surface area contributed by atoms with Crippen LogP contribution in [-0.2, 0) is 21.8 Å². The molecule has 8 nitrogen and oxygen atoms in total. The Morgan fingerprint density at radius 1 is 1.05 bits per heavy atom. The lowest BCUT2D eigenvalue weighted by Crippen LogP contribution is -2.37. The third-order valence-electron chi connectivity index (χ3n) is 8.24. The molecule has 2 atom stereocenters. The Hall–Kier alpha value is -3.60.